The number of thioether (sulfide) groups is 1. The minimum absolute atomic E-state index is 0.0595. The highest BCUT2D eigenvalue weighted by Crippen LogP contribution is 2.18. The van der Waals surface area contributed by atoms with Gasteiger partial charge in [0.25, 0.3) is 5.91 Å². The number of amides is 2. The molecule has 2 rings (SSSR count). The molecule has 0 unspecified atom stereocenters. The maximum absolute atomic E-state index is 12.3. The van der Waals surface area contributed by atoms with Crippen molar-refractivity contribution in [2.75, 3.05) is 19.3 Å². The molecule has 0 radical (unpaired) electrons. The molecule has 2 amide bonds. The molecule has 21 heavy (non-hydrogen) atoms. The van der Waals surface area contributed by atoms with Gasteiger partial charge in [-0.2, -0.15) is 0 Å². The number of aliphatic hydroxyl groups excluding tert-OH is 1. The highest BCUT2D eigenvalue weighted by atomic mass is 32.2. The van der Waals surface area contributed by atoms with Gasteiger partial charge in [0.15, 0.2) is 0 Å². The third-order valence-electron chi connectivity index (χ3n) is 3.55. The van der Waals surface area contributed by atoms with Crippen LogP contribution in [0.5, 0.6) is 0 Å². The number of aliphatic hydroxyl groups is 1. The van der Waals surface area contributed by atoms with E-state index in [9.17, 15) is 14.7 Å². The third-order valence-corrected chi connectivity index (χ3v) is 4.26. The Bertz CT molecular complexity index is 538. The fourth-order valence-corrected chi connectivity index (χ4v) is 2.91. The molecule has 2 atom stereocenters. The molecule has 114 valence electrons. The summed E-state index contributed by atoms with van der Waals surface area (Å²) < 4.78 is 0. The second-order valence-electron chi connectivity index (χ2n) is 4.96. The Morgan fingerprint density at radius 2 is 2.29 bits per heavy atom. The molecule has 1 aliphatic rings. The summed E-state index contributed by atoms with van der Waals surface area (Å²) in [5, 5.41) is 13.6. The molecule has 1 fully saturated rings. The van der Waals surface area contributed by atoms with Gasteiger partial charge in [-0.25, -0.2) is 4.98 Å². The van der Waals surface area contributed by atoms with Crippen LogP contribution in [-0.4, -0.2) is 58.3 Å². The second kappa shape index (κ2) is 6.91. The average Bonchev–Trinajstić information content (AvgIpc) is 2.48. The number of hydrogen-bond acceptors (Lipinski definition) is 5. The molecule has 7 heteroatoms. The molecule has 1 aromatic rings. The molecule has 1 saturated heterocycles. The van der Waals surface area contributed by atoms with Crippen molar-refractivity contribution in [3.8, 4) is 0 Å². The Morgan fingerprint density at radius 1 is 1.52 bits per heavy atom. The predicted molar refractivity (Wildman–Crippen MR) is 80.2 cm³/mol. The van der Waals surface area contributed by atoms with E-state index in [1.165, 1.54) is 18.7 Å². The quantitative estimate of drug-likeness (QED) is 0.795. The van der Waals surface area contributed by atoms with Crippen LogP contribution in [0.4, 0.5) is 0 Å². The van der Waals surface area contributed by atoms with Crippen LogP contribution in [0.25, 0.3) is 0 Å². The van der Waals surface area contributed by atoms with Crippen molar-refractivity contribution < 1.29 is 14.7 Å². The zero-order valence-corrected chi connectivity index (χ0v) is 12.9. The van der Waals surface area contributed by atoms with E-state index in [1.54, 1.807) is 23.2 Å². The average molecular weight is 309 g/mol. The van der Waals surface area contributed by atoms with Crippen molar-refractivity contribution in [1.82, 2.24) is 15.2 Å². The summed E-state index contributed by atoms with van der Waals surface area (Å²) in [7, 11) is 0. The molecule has 1 aromatic heterocycles. The fraction of sp³-hybridized carbons (Fsp3) is 0.500. The van der Waals surface area contributed by atoms with Crippen molar-refractivity contribution in [2.24, 2.45) is 0 Å². The maximum Gasteiger partial charge on any atom is 0.254 e. The number of carbonyl (C=O) groups excluding carboxylic acids is 2. The number of piperidine rings is 1. The molecule has 2 heterocycles. The zero-order valence-electron chi connectivity index (χ0n) is 12.1. The van der Waals surface area contributed by atoms with Crippen molar-refractivity contribution in [2.45, 2.75) is 30.5 Å². The number of nitrogens with one attached hydrogen (secondary N) is 1. The van der Waals surface area contributed by atoms with Crippen molar-refractivity contribution >= 4 is 23.6 Å². The molecular formula is C14H19N3O3S. The molecule has 0 aromatic carbocycles. The summed E-state index contributed by atoms with van der Waals surface area (Å²) in [5.74, 6) is -0.302. The molecule has 0 bridgehead atoms. The lowest BCUT2D eigenvalue weighted by molar-refractivity contribution is -0.132. The van der Waals surface area contributed by atoms with Crippen LogP contribution in [0.1, 0.15) is 23.7 Å². The van der Waals surface area contributed by atoms with Crippen LogP contribution in [0, 0.1) is 0 Å². The van der Waals surface area contributed by atoms with E-state index in [-0.39, 0.29) is 24.4 Å². The number of hydrogen-bond donors (Lipinski definition) is 2. The standard InChI is InChI=1S/C14H19N3O3S/c1-9(18)17-7-5-11(12(19)8-17)16-13(20)10-4-3-6-15-14(10)21-2/h3-4,6,11-12,19H,5,7-8H2,1-2H3,(H,16,20)/t11-,12-/m1/s1. The highest BCUT2D eigenvalue weighted by molar-refractivity contribution is 7.98. The van der Waals surface area contributed by atoms with Crippen LogP contribution < -0.4 is 5.32 Å². The molecule has 1 aliphatic heterocycles. The number of likely N-dealkylation sites (tertiary alicyclic amines) is 1. The summed E-state index contributed by atoms with van der Waals surface area (Å²) in [4.78, 5) is 29.3. The topological polar surface area (TPSA) is 82.5 Å². The molecule has 0 aliphatic carbocycles. The first-order valence-corrected chi connectivity index (χ1v) is 7.99. The van der Waals surface area contributed by atoms with Gasteiger partial charge in [0, 0.05) is 26.2 Å². The third kappa shape index (κ3) is 3.74. The SMILES string of the molecule is CSc1ncccc1C(=O)N[C@@H]1CCN(C(C)=O)C[C@H]1O. The van der Waals surface area contributed by atoms with Gasteiger partial charge in [-0.05, 0) is 24.8 Å². The first kappa shape index (κ1) is 15.8. The molecule has 6 nitrogen and oxygen atoms in total. The molecule has 0 saturated carbocycles. The lowest BCUT2D eigenvalue weighted by atomic mass is 10.0. The van der Waals surface area contributed by atoms with Gasteiger partial charge in [0.2, 0.25) is 5.91 Å². The van der Waals surface area contributed by atoms with Gasteiger partial charge in [-0.3, -0.25) is 9.59 Å². The fourth-order valence-electron chi connectivity index (χ4n) is 2.36. The Morgan fingerprint density at radius 3 is 2.90 bits per heavy atom. The lowest BCUT2D eigenvalue weighted by Gasteiger charge is -2.35. The van der Waals surface area contributed by atoms with Crippen LogP contribution in [0.15, 0.2) is 23.4 Å². The monoisotopic (exact) mass is 309 g/mol. The van der Waals surface area contributed by atoms with E-state index in [2.05, 4.69) is 10.3 Å². The Balaban J connectivity index is 2.02. The highest BCUT2D eigenvalue weighted by Gasteiger charge is 2.30. The summed E-state index contributed by atoms with van der Waals surface area (Å²) >= 11 is 1.40. The number of nitrogens with zero attached hydrogens (tertiary/aromatic N) is 2. The summed E-state index contributed by atoms with van der Waals surface area (Å²) in [5.41, 5.74) is 0.506. The summed E-state index contributed by atoms with van der Waals surface area (Å²) in [6.45, 7) is 2.27. The number of pyridine rings is 1. The van der Waals surface area contributed by atoms with Gasteiger partial charge in [-0.15, -0.1) is 11.8 Å². The first-order chi connectivity index (χ1) is 10.0. The normalized spacial score (nSPS) is 22.0. The minimum atomic E-state index is -0.749. The number of β-amino-alcohol motifs (C(OH)–C–C–N with tert-alkyl or cyclic N) is 1. The van der Waals surface area contributed by atoms with Gasteiger partial charge >= 0.3 is 0 Å². The van der Waals surface area contributed by atoms with E-state index in [4.69, 9.17) is 0 Å². The van der Waals surface area contributed by atoms with Gasteiger partial charge < -0.3 is 15.3 Å². The molecule has 0 spiro atoms. The Hall–Kier alpha value is -1.60. The van der Waals surface area contributed by atoms with Crippen molar-refractivity contribution in [1.29, 1.82) is 0 Å². The van der Waals surface area contributed by atoms with Crippen molar-refractivity contribution in [3.05, 3.63) is 23.9 Å². The van der Waals surface area contributed by atoms with Crippen LogP contribution in [0.3, 0.4) is 0 Å². The number of carbonyl (C=O) groups is 2. The largest absolute Gasteiger partial charge is 0.389 e. The second-order valence-corrected chi connectivity index (χ2v) is 5.76. The van der Waals surface area contributed by atoms with Crippen LogP contribution in [0.2, 0.25) is 0 Å². The van der Waals surface area contributed by atoms with Gasteiger partial charge in [0.05, 0.1) is 17.7 Å². The number of aromatic nitrogens is 1. The van der Waals surface area contributed by atoms with E-state index in [1.807, 2.05) is 6.26 Å². The maximum atomic E-state index is 12.3. The minimum Gasteiger partial charge on any atom is -0.389 e. The predicted octanol–water partition coefficient (Wildman–Crippen LogP) is 0.515. The Labute approximate surface area is 127 Å². The van der Waals surface area contributed by atoms with Crippen LogP contribution >= 0.6 is 11.8 Å². The molecular weight excluding hydrogens is 290 g/mol. The van der Waals surface area contributed by atoms with E-state index in [0.29, 0.717) is 23.6 Å². The van der Waals surface area contributed by atoms with E-state index in [0.717, 1.165) is 0 Å². The Kier molecular flexibility index (Phi) is 5.19. The number of rotatable bonds is 3. The van der Waals surface area contributed by atoms with Gasteiger partial charge in [-0.1, -0.05) is 0 Å². The smallest absolute Gasteiger partial charge is 0.254 e. The van der Waals surface area contributed by atoms with E-state index < -0.39 is 6.10 Å². The molecule has 2 N–H and O–H groups in total. The van der Waals surface area contributed by atoms with Crippen molar-refractivity contribution in [3.63, 3.8) is 0 Å². The lowest BCUT2D eigenvalue weighted by Crippen LogP contribution is -2.55. The van der Waals surface area contributed by atoms with Crippen LogP contribution in [-0.2, 0) is 4.79 Å². The zero-order chi connectivity index (χ0) is 15.4. The summed E-state index contributed by atoms with van der Waals surface area (Å²) in [6, 6.07) is 3.08. The first-order valence-electron chi connectivity index (χ1n) is 6.76. The van der Waals surface area contributed by atoms with E-state index >= 15 is 0 Å². The van der Waals surface area contributed by atoms with Gasteiger partial charge in [0.1, 0.15) is 5.03 Å². The summed E-state index contributed by atoms with van der Waals surface area (Å²) in [6.07, 6.45) is 3.30.